The number of benzene rings is 2. The van der Waals surface area contributed by atoms with Crippen LogP contribution in [0.25, 0.3) is 0 Å². The SMILES string of the molecule is COc1ccc(CCNc2ccc(C(=O)O)cc2S(=O)(=O)NCCCOC(C)C)cc1OC. The third kappa shape index (κ3) is 7.92. The Morgan fingerprint density at radius 3 is 2.39 bits per heavy atom. The molecule has 0 radical (unpaired) electrons. The van der Waals surface area contributed by atoms with Gasteiger partial charge in [-0.3, -0.25) is 0 Å². The highest BCUT2D eigenvalue weighted by molar-refractivity contribution is 7.89. The van der Waals surface area contributed by atoms with E-state index in [0.29, 0.717) is 43.2 Å². The predicted octanol–water partition coefficient (Wildman–Crippen LogP) is 3.15. The molecule has 0 bridgehead atoms. The summed E-state index contributed by atoms with van der Waals surface area (Å²) in [7, 11) is -0.809. The van der Waals surface area contributed by atoms with Gasteiger partial charge in [0.05, 0.1) is 31.6 Å². The van der Waals surface area contributed by atoms with Crippen LogP contribution < -0.4 is 19.5 Å². The van der Waals surface area contributed by atoms with Crippen molar-refractivity contribution in [2.24, 2.45) is 0 Å². The first-order valence-corrected chi connectivity index (χ1v) is 12.1. The largest absolute Gasteiger partial charge is 0.493 e. The van der Waals surface area contributed by atoms with Crippen LogP contribution in [0.15, 0.2) is 41.3 Å². The van der Waals surface area contributed by atoms with E-state index >= 15 is 0 Å². The molecule has 0 aliphatic heterocycles. The molecule has 0 heterocycles. The van der Waals surface area contributed by atoms with Crippen LogP contribution in [0.2, 0.25) is 0 Å². The number of methoxy groups -OCH3 is 2. The van der Waals surface area contributed by atoms with Crippen molar-refractivity contribution >= 4 is 21.7 Å². The van der Waals surface area contributed by atoms with Crippen LogP contribution in [-0.2, 0) is 21.2 Å². The molecule has 0 aliphatic carbocycles. The summed E-state index contributed by atoms with van der Waals surface area (Å²) in [5.74, 6) is 0.0279. The summed E-state index contributed by atoms with van der Waals surface area (Å²) < 4.78 is 44.3. The van der Waals surface area contributed by atoms with Crippen LogP contribution in [0.5, 0.6) is 11.5 Å². The summed E-state index contributed by atoms with van der Waals surface area (Å²) in [5, 5.41) is 12.4. The van der Waals surface area contributed by atoms with E-state index in [-0.39, 0.29) is 23.1 Å². The molecule has 0 aliphatic rings. The van der Waals surface area contributed by atoms with Gasteiger partial charge in [0, 0.05) is 19.7 Å². The fourth-order valence-electron chi connectivity index (χ4n) is 3.08. The topological polar surface area (TPSA) is 123 Å². The fourth-order valence-corrected chi connectivity index (χ4v) is 4.36. The summed E-state index contributed by atoms with van der Waals surface area (Å²) in [6.07, 6.45) is 1.15. The molecular formula is C23H32N2O7S. The predicted molar refractivity (Wildman–Crippen MR) is 126 cm³/mol. The smallest absolute Gasteiger partial charge is 0.335 e. The molecule has 2 aromatic carbocycles. The lowest BCUT2D eigenvalue weighted by Gasteiger charge is -2.15. The van der Waals surface area contributed by atoms with E-state index in [2.05, 4.69) is 10.0 Å². The Balaban J connectivity index is 2.12. The number of sulfonamides is 1. The Morgan fingerprint density at radius 2 is 1.76 bits per heavy atom. The minimum Gasteiger partial charge on any atom is -0.493 e. The minimum absolute atomic E-state index is 0.0651. The van der Waals surface area contributed by atoms with E-state index in [1.807, 2.05) is 26.0 Å². The van der Waals surface area contributed by atoms with E-state index in [9.17, 15) is 18.3 Å². The first-order chi connectivity index (χ1) is 15.7. The number of hydrogen-bond donors (Lipinski definition) is 3. The second kappa shape index (κ2) is 12.4. The number of nitrogens with one attached hydrogen (secondary N) is 2. The maximum absolute atomic E-state index is 12.9. The molecule has 182 valence electrons. The van der Waals surface area contributed by atoms with Crippen molar-refractivity contribution in [3.63, 3.8) is 0 Å². The van der Waals surface area contributed by atoms with Crippen molar-refractivity contribution in [2.75, 3.05) is 39.2 Å². The Bertz CT molecular complexity index is 1040. The van der Waals surface area contributed by atoms with Gasteiger partial charge in [-0.15, -0.1) is 0 Å². The van der Waals surface area contributed by atoms with Crippen LogP contribution in [0.4, 0.5) is 5.69 Å². The molecule has 0 atom stereocenters. The molecule has 10 heteroatoms. The summed E-state index contributed by atoms with van der Waals surface area (Å²) in [6, 6.07) is 9.55. The number of anilines is 1. The molecule has 2 rings (SSSR count). The van der Waals surface area contributed by atoms with Gasteiger partial charge >= 0.3 is 5.97 Å². The maximum atomic E-state index is 12.9. The van der Waals surface area contributed by atoms with Gasteiger partial charge in [-0.25, -0.2) is 17.9 Å². The Hall–Kier alpha value is -2.82. The zero-order valence-electron chi connectivity index (χ0n) is 19.4. The van der Waals surface area contributed by atoms with Crippen molar-refractivity contribution in [1.82, 2.24) is 4.72 Å². The highest BCUT2D eigenvalue weighted by Gasteiger charge is 2.20. The Labute approximate surface area is 195 Å². The van der Waals surface area contributed by atoms with Crippen molar-refractivity contribution in [1.29, 1.82) is 0 Å². The average Bonchev–Trinajstić information content (AvgIpc) is 2.78. The Kier molecular flexibility index (Phi) is 9.95. The molecule has 0 spiro atoms. The lowest BCUT2D eigenvalue weighted by Crippen LogP contribution is -2.27. The molecule has 2 aromatic rings. The summed E-state index contributed by atoms with van der Waals surface area (Å²) in [5.41, 5.74) is 1.19. The van der Waals surface area contributed by atoms with Crippen LogP contribution in [-0.4, -0.2) is 59.5 Å². The van der Waals surface area contributed by atoms with Gasteiger partial charge in [-0.05, 0) is 62.6 Å². The van der Waals surface area contributed by atoms with Gasteiger partial charge in [0.2, 0.25) is 10.0 Å². The molecule has 33 heavy (non-hydrogen) atoms. The third-order valence-corrected chi connectivity index (χ3v) is 6.26. The average molecular weight is 481 g/mol. The van der Waals surface area contributed by atoms with E-state index < -0.39 is 16.0 Å². The lowest BCUT2D eigenvalue weighted by atomic mass is 10.1. The summed E-state index contributed by atoms with van der Waals surface area (Å²) in [4.78, 5) is 11.3. The first kappa shape index (κ1) is 26.4. The van der Waals surface area contributed by atoms with Gasteiger partial charge in [-0.2, -0.15) is 0 Å². The quantitative estimate of drug-likeness (QED) is 0.353. The van der Waals surface area contributed by atoms with Crippen LogP contribution in [0.1, 0.15) is 36.2 Å². The number of carboxylic acid groups (broad SMARTS) is 1. The Morgan fingerprint density at radius 1 is 1.03 bits per heavy atom. The standard InChI is InChI=1S/C23H32N2O7S/c1-16(2)32-13-5-11-25-33(28,29)22-15-18(23(26)27)7-8-19(22)24-12-10-17-6-9-20(30-3)21(14-17)31-4/h6-9,14-16,24-25H,5,10-13H2,1-4H3,(H,26,27). The first-order valence-electron chi connectivity index (χ1n) is 10.6. The van der Waals surface area contributed by atoms with Crippen molar-refractivity contribution in [2.45, 2.75) is 37.7 Å². The number of aromatic carboxylic acids is 1. The molecule has 0 saturated carbocycles. The van der Waals surface area contributed by atoms with Crippen molar-refractivity contribution in [3.05, 3.63) is 47.5 Å². The monoisotopic (exact) mass is 480 g/mol. The summed E-state index contributed by atoms with van der Waals surface area (Å²) >= 11 is 0. The number of carboxylic acids is 1. The van der Waals surface area contributed by atoms with E-state index in [1.165, 1.54) is 12.1 Å². The molecule has 0 amide bonds. The molecule has 0 saturated heterocycles. The normalized spacial score (nSPS) is 11.4. The van der Waals surface area contributed by atoms with E-state index in [4.69, 9.17) is 14.2 Å². The van der Waals surface area contributed by atoms with Gasteiger partial charge in [0.15, 0.2) is 11.5 Å². The fraction of sp³-hybridized carbons (Fsp3) is 0.435. The number of hydrogen-bond acceptors (Lipinski definition) is 7. The third-order valence-electron chi connectivity index (χ3n) is 4.76. The van der Waals surface area contributed by atoms with E-state index in [1.54, 1.807) is 20.3 Å². The molecule has 9 nitrogen and oxygen atoms in total. The van der Waals surface area contributed by atoms with E-state index in [0.717, 1.165) is 11.6 Å². The zero-order chi connectivity index (χ0) is 24.4. The van der Waals surface area contributed by atoms with Crippen molar-refractivity contribution < 1.29 is 32.5 Å². The highest BCUT2D eigenvalue weighted by atomic mass is 32.2. The zero-order valence-corrected chi connectivity index (χ0v) is 20.2. The lowest BCUT2D eigenvalue weighted by molar-refractivity contribution is 0.0696. The van der Waals surface area contributed by atoms with Gasteiger partial charge < -0.3 is 24.6 Å². The molecule has 0 aromatic heterocycles. The van der Waals surface area contributed by atoms with Gasteiger partial charge in [0.25, 0.3) is 0 Å². The van der Waals surface area contributed by atoms with Gasteiger partial charge in [-0.1, -0.05) is 6.07 Å². The number of rotatable bonds is 14. The molecule has 0 unspecified atom stereocenters. The second-order valence-electron chi connectivity index (χ2n) is 7.55. The van der Waals surface area contributed by atoms with Gasteiger partial charge in [0.1, 0.15) is 4.90 Å². The maximum Gasteiger partial charge on any atom is 0.335 e. The number of ether oxygens (including phenoxy) is 3. The second-order valence-corrected chi connectivity index (χ2v) is 9.29. The summed E-state index contributed by atoms with van der Waals surface area (Å²) in [6.45, 7) is 4.83. The van der Waals surface area contributed by atoms with Crippen LogP contribution in [0, 0.1) is 0 Å². The van der Waals surface area contributed by atoms with Crippen LogP contribution in [0.3, 0.4) is 0 Å². The molecule has 0 fully saturated rings. The van der Waals surface area contributed by atoms with Crippen LogP contribution >= 0.6 is 0 Å². The minimum atomic E-state index is -3.93. The number of carbonyl (C=O) groups is 1. The molecular weight excluding hydrogens is 448 g/mol. The molecule has 3 N–H and O–H groups in total. The highest BCUT2D eigenvalue weighted by Crippen LogP contribution is 2.28. The van der Waals surface area contributed by atoms with Crippen molar-refractivity contribution in [3.8, 4) is 11.5 Å².